The van der Waals surface area contributed by atoms with Crippen molar-refractivity contribution in [1.29, 1.82) is 0 Å². The standard InChI is InChI=1S/C6H13NO/c1-2-3-4-6(8)5-7/h5,8H,2-4,7H2,1H3/b6-5-. The number of allylic oxidation sites excluding steroid dienone is 1. The first kappa shape index (κ1) is 7.34. The van der Waals surface area contributed by atoms with Crippen LogP contribution in [0.3, 0.4) is 0 Å². The Labute approximate surface area is 50.0 Å². The van der Waals surface area contributed by atoms with E-state index in [4.69, 9.17) is 10.8 Å². The summed E-state index contributed by atoms with van der Waals surface area (Å²) in [4.78, 5) is 0. The number of aliphatic hydroxyl groups is 1. The zero-order chi connectivity index (χ0) is 6.41. The number of unbranched alkanes of at least 4 members (excludes halogenated alkanes) is 1. The number of hydrogen-bond acceptors (Lipinski definition) is 2. The molecule has 0 spiro atoms. The van der Waals surface area contributed by atoms with Crippen LogP contribution in [0.4, 0.5) is 0 Å². The van der Waals surface area contributed by atoms with Crippen LogP contribution in [0, 0.1) is 0 Å². The molecule has 0 rings (SSSR count). The van der Waals surface area contributed by atoms with Crippen LogP contribution in [0.1, 0.15) is 26.2 Å². The molecule has 0 amide bonds. The summed E-state index contributed by atoms with van der Waals surface area (Å²) in [5, 5.41) is 8.73. The Bertz CT molecular complexity index is 78.6. The molecule has 0 aromatic heterocycles. The lowest BCUT2D eigenvalue weighted by molar-refractivity contribution is 0.381. The van der Waals surface area contributed by atoms with E-state index in [-0.39, 0.29) is 0 Å². The fraction of sp³-hybridized carbons (Fsp3) is 0.667. The number of hydrogen-bond donors (Lipinski definition) is 2. The maximum absolute atomic E-state index is 8.73. The van der Waals surface area contributed by atoms with Crippen molar-refractivity contribution in [2.75, 3.05) is 0 Å². The second-order valence-electron chi connectivity index (χ2n) is 1.76. The zero-order valence-electron chi connectivity index (χ0n) is 5.22. The molecule has 8 heavy (non-hydrogen) atoms. The van der Waals surface area contributed by atoms with Crippen molar-refractivity contribution in [2.45, 2.75) is 26.2 Å². The molecule has 0 atom stereocenters. The van der Waals surface area contributed by atoms with E-state index in [1.165, 1.54) is 6.20 Å². The SMILES string of the molecule is CCCC/C(O)=C/N. The molecule has 2 nitrogen and oxygen atoms in total. The van der Waals surface area contributed by atoms with Crippen LogP contribution in [-0.2, 0) is 0 Å². The Kier molecular flexibility index (Phi) is 4.13. The molecule has 0 radical (unpaired) electrons. The molecule has 0 unspecified atom stereocenters. The summed E-state index contributed by atoms with van der Waals surface area (Å²) in [5.41, 5.74) is 5.00. The lowest BCUT2D eigenvalue weighted by Crippen LogP contribution is -1.86. The van der Waals surface area contributed by atoms with Crippen LogP contribution in [0.5, 0.6) is 0 Å². The van der Waals surface area contributed by atoms with Crippen LogP contribution in [0.25, 0.3) is 0 Å². The molecule has 0 aliphatic heterocycles. The molecule has 0 bridgehead atoms. The van der Waals surface area contributed by atoms with Gasteiger partial charge in [-0.05, 0) is 6.42 Å². The third kappa shape index (κ3) is 3.53. The summed E-state index contributed by atoms with van der Waals surface area (Å²) in [7, 11) is 0. The Morgan fingerprint density at radius 3 is 2.75 bits per heavy atom. The number of rotatable bonds is 3. The summed E-state index contributed by atoms with van der Waals surface area (Å²) < 4.78 is 0. The van der Waals surface area contributed by atoms with Crippen molar-refractivity contribution in [3.05, 3.63) is 12.0 Å². The maximum Gasteiger partial charge on any atom is 0.108 e. The summed E-state index contributed by atoms with van der Waals surface area (Å²) >= 11 is 0. The number of nitrogens with two attached hydrogens (primary N) is 1. The van der Waals surface area contributed by atoms with Gasteiger partial charge in [-0.2, -0.15) is 0 Å². The maximum atomic E-state index is 8.73. The lowest BCUT2D eigenvalue weighted by Gasteiger charge is -1.93. The van der Waals surface area contributed by atoms with Gasteiger partial charge in [0, 0.05) is 12.6 Å². The van der Waals surface area contributed by atoms with E-state index in [1.54, 1.807) is 0 Å². The van der Waals surface area contributed by atoms with Crippen LogP contribution in [0.2, 0.25) is 0 Å². The highest BCUT2D eigenvalue weighted by molar-refractivity contribution is 4.85. The highest BCUT2D eigenvalue weighted by atomic mass is 16.3. The van der Waals surface area contributed by atoms with Crippen LogP contribution < -0.4 is 5.73 Å². The zero-order valence-corrected chi connectivity index (χ0v) is 5.22. The van der Waals surface area contributed by atoms with Gasteiger partial charge in [-0.15, -0.1) is 0 Å². The normalized spacial score (nSPS) is 11.9. The fourth-order valence-corrected chi connectivity index (χ4v) is 0.441. The molecule has 2 heteroatoms. The minimum atomic E-state index is 0.298. The van der Waals surface area contributed by atoms with E-state index in [0.29, 0.717) is 12.2 Å². The minimum Gasteiger partial charge on any atom is -0.511 e. The van der Waals surface area contributed by atoms with Crippen molar-refractivity contribution >= 4 is 0 Å². The molecular weight excluding hydrogens is 102 g/mol. The molecule has 0 fully saturated rings. The Balaban J connectivity index is 3.12. The van der Waals surface area contributed by atoms with Crippen molar-refractivity contribution in [3.63, 3.8) is 0 Å². The molecule has 0 aliphatic carbocycles. The van der Waals surface area contributed by atoms with E-state index < -0.39 is 0 Å². The van der Waals surface area contributed by atoms with Crippen molar-refractivity contribution in [3.8, 4) is 0 Å². The third-order valence-electron chi connectivity index (χ3n) is 0.979. The monoisotopic (exact) mass is 115 g/mol. The molecular formula is C6H13NO. The average Bonchev–Trinajstić information content (AvgIpc) is 1.83. The first-order valence-electron chi connectivity index (χ1n) is 2.91. The third-order valence-corrected chi connectivity index (χ3v) is 0.979. The molecule has 3 N–H and O–H groups in total. The summed E-state index contributed by atoms with van der Waals surface area (Å²) in [5.74, 6) is 0.298. The van der Waals surface area contributed by atoms with Crippen molar-refractivity contribution in [1.82, 2.24) is 0 Å². The largest absolute Gasteiger partial charge is 0.511 e. The molecule has 0 aromatic rings. The Morgan fingerprint density at radius 2 is 2.38 bits per heavy atom. The lowest BCUT2D eigenvalue weighted by atomic mass is 10.2. The average molecular weight is 115 g/mol. The molecule has 48 valence electrons. The highest BCUT2D eigenvalue weighted by Crippen LogP contribution is 2.00. The van der Waals surface area contributed by atoms with Crippen molar-refractivity contribution in [2.24, 2.45) is 5.73 Å². The second kappa shape index (κ2) is 4.50. The van der Waals surface area contributed by atoms with E-state index in [0.717, 1.165) is 12.8 Å². The van der Waals surface area contributed by atoms with Crippen LogP contribution >= 0.6 is 0 Å². The molecule has 0 saturated carbocycles. The molecule has 0 aliphatic rings. The smallest absolute Gasteiger partial charge is 0.108 e. The van der Waals surface area contributed by atoms with Gasteiger partial charge in [-0.25, -0.2) is 0 Å². The Morgan fingerprint density at radius 1 is 1.75 bits per heavy atom. The Hall–Kier alpha value is -0.660. The first-order valence-corrected chi connectivity index (χ1v) is 2.91. The molecule has 0 heterocycles. The van der Waals surface area contributed by atoms with Gasteiger partial charge in [0.05, 0.1) is 0 Å². The van der Waals surface area contributed by atoms with Gasteiger partial charge in [0.15, 0.2) is 0 Å². The summed E-state index contributed by atoms with van der Waals surface area (Å²) in [6, 6.07) is 0. The van der Waals surface area contributed by atoms with E-state index in [9.17, 15) is 0 Å². The number of aliphatic hydroxyl groups excluding tert-OH is 1. The quantitative estimate of drug-likeness (QED) is 0.548. The van der Waals surface area contributed by atoms with Gasteiger partial charge in [-0.3, -0.25) is 0 Å². The van der Waals surface area contributed by atoms with Gasteiger partial charge in [-0.1, -0.05) is 13.3 Å². The van der Waals surface area contributed by atoms with E-state index >= 15 is 0 Å². The minimum absolute atomic E-state index is 0.298. The van der Waals surface area contributed by atoms with Crippen LogP contribution in [0.15, 0.2) is 12.0 Å². The van der Waals surface area contributed by atoms with E-state index in [1.807, 2.05) is 0 Å². The fourth-order valence-electron chi connectivity index (χ4n) is 0.441. The summed E-state index contributed by atoms with van der Waals surface area (Å²) in [6.07, 6.45) is 4.07. The van der Waals surface area contributed by atoms with Gasteiger partial charge < -0.3 is 10.8 Å². The van der Waals surface area contributed by atoms with Gasteiger partial charge in [0.1, 0.15) is 5.76 Å². The van der Waals surface area contributed by atoms with Crippen molar-refractivity contribution < 1.29 is 5.11 Å². The second-order valence-corrected chi connectivity index (χ2v) is 1.76. The first-order chi connectivity index (χ1) is 3.81. The van der Waals surface area contributed by atoms with Crippen LogP contribution in [-0.4, -0.2) is 5.11 Å². The van der Waals surface area contributed by atoms with Gasteiger partial charge in [0.2, 0.25) is 0 Å². The molecule has 0 saturated heterocycles. The topological polar surface area (TPSA) is 46.2 Å². The summed E-state index contributed by atoms with van der Waals surface area (Å²) in [6.45, 7) is 2.07. The predicted octanol–water partition coefficient (Wildman–Crippen LogP) is 1.53. The van der Waals surface area contributed by atoms with Gasteiger partial charge >= 0.3 is 0 Å². The van der Waals surface area contributed by atoms with Gasteiger partial charge in [0.25, 0.3) is 0 Å². The predicted molar refractivity (Wildman–Crippen MR) is 34.4 cm³/mol. The highest BCUT2D eigenvalue weighted by Gasteiger charge is 1.87. The molecule has 0 aromatic carbocycles. The van der Waals surface area contributed by atoms with E-state index in [2.05, 4.69) is 6.92 Å².